The van der Waals surface area contributed by atoms with Gasteiger partial charge in [0.15, 0.2) is 5.82 Å². The number of ether oxygens (including phenoxy) is 1. The maximum absolute atomic E-state index is 12.4. The van der Waals surface area contributed by atoms with E-state index in [0.717, 1.165) is 66.8 Å². The standard InChI is InChI=1S/C27H32F3N7O2/c1-16(2)23-19-14-32-37(22-6-4-5-13-39-22)21(19)12-11-20(23)33-26-34-24(35-36(26)3)17-7-9-18(10-8-17)25(38)31-15-27(28,29)30/h7-10,14,22,25,31,38H,1,4-6,11-13,15H2,2-3H3,(H,33,34,35). The maximum Gasteiger partial charge on any atom is 0.401 e. The van der Waals surface area contributed by atoms with E-state index in [2.05, 4.69) is 32.4 Å². The zero-order chi connectivity index (χ0) is 27.7. The summed E-state index contributed by atoms with van der Waals surface area (Å²) in [6, 6.07) is 6.43. The minimum Gasteiger partial charge on any atom is -0.374 e. The lowest BCUT2D eigenvalue weighted by molar-refractivity contribution is -0.131. The second-order valence-electron chi connectivity index (χ2n) is 9.93. The Morgan fingerprint density at radius 1 is 1.23 bits per heavy atom. The topological polar surface area (TPSA) is 102 Å². The van der Waals surface area contributed by atoms with Crippen LogP contribution in [0.2, 0.25) is 0 Å². The van der Waals surface area contributed by atoms with Crippen molar-refractivity contribution in [2.24, 2.45) is 7.05 Å². The van der Waals surface area contributed by atoms with Gasteiger partial charge < -0.3 is 15.2 Å². The molecule has 0 saturated carbocycles. The van der Waals surface area contributed by atoms with E-state index in [1.54, 1.807) is 36.0 Å². The summed E-state index contributed by atoms with van der Waals surface area (Å²) >= 11 is 0. The smallest absolute Gasteiger partial charge is 0.374 e. The maximum atomic E-state index is 12.4. The number of anilines is 1. The number of nitrogens with zero attached hydrogens (tertiary/aromatic N) is 5. The fourth-order valence-electron chi connectivity index (χ4n) is 5.05. The van der Waals surface area contributed by atoms with Gasteiger partial charge in [-0.25, -0.2) is 9.36 Å². The zero-order valence-electron chi connectivity index (χ0n) is 21.9. The molecular weight excluding hydrogens is 511 g/mol. The molecule has 3 heterocycles. The first-order valence-corrected chi connectivity index (χ1v) is 12.9. The summed E-state index contributed by atoms with van der Waals surface area (Å²) in [7, 11) is 1.78. The highest BCUT2D eigenvalue weighted by Gasteiger charge is 2.29. The molecule has 1 fully saturated rings. The molecule has 1 aliphatic heterocycles. The third-order valence-electron chi connectivity index (χ3n) is 6.94. The fraction of sp³-hybridized carbons (Fsp3) is 0.444. The van der Waals surface area contributed by atoms with E-state index in [-0.39, 0.29) is 6.23 Å². The molecule has 0 radical (unpaired) electrons. The number of benzene rings is 1. The molecule has 39 heavy (non-hydrogen) atoms. The Kier molecular flexibility index (Phi) is 7.61. The summed E-state index contributed by atoms with van der Waals surface area (Å²) in [6.07, 6.45) is 0.712. The minimum atomic E-state index is -4.41. The van der Waals surface area contributed by atoms with Gasteiger partial charge in [0.25, 0.3) is 0 Å². The van der Waals surface area contributed by atoms with Crippen molar-refractivity contribution in [1.82, 2.24) is 29.9 Å². The number of rotatable bonds is 8. The lowest BCUT2D eigenvalue weighted by atomic mass is 9.90. The zero-order valence-corrected chi connectivity index (χ0v) is 21.9. The number of aryl methyl sites for hydroxylation is 1. The van der Waals surface area contributed by atoms with Crippen LogP contribution in [0.3, 0.4) is 0 Å². The number of aromatic nitrogens is 5. The van der Waals surface area contributed by atoms with Crippen LogP contribution in [0, 0.1) is 0 Å². The molecule has 12 heteroatoms. The average Bonchev–Trinajstić information content (AvgIpc) is 3.50. The molecule has 208 valence electrons. The summed E-state index contributed by atoms with van der Waals surface area (Å²) in [4.78, 5) is 4.65. The summed E-state index contributed by atoms with van der Waals surface area (Å²) in [5.74, 6) is 0.988. The number of allylic oxidation sites excluding steroid dienone is 3. The Morgan fingerprint density at radius 3 is 2.67 bits per heavy atom. The van der Waals surface area contributed by atoms with E-state index in [1.807, 2.05) is 17.8 Å². The van der Waals surface area contributed by atoms with Crippen LogP contribution >= 0.6 is 0 Å². The minimum absolute atomic E-state index is 0.0300. The van der Waals surface area contributed by atoms with Crippen LogP contribution in [0.25, 0.3) is 17.0 Å². The van der Waals surface area contributed by atoms with Gasteiger partial charge in [-0.1, -0.05) is 30.8 Å². The third-order valence-corrected chi connectivity index (χ3v) is 6.94. The van der Waals surface area contributed by atoms with Gasteiger partial charge in [0.2, 0.25) is 5.95 Å². The van der Waals surface area contributed by atoms with Crippen molar-refractivity contribution < 1.29 is 23.0 Å². The van der Waals surface area contributed by atoms with E-state index in [0.29, 0.717) is 22.9 Å². The van der Waals surface area contributed by atoms with Gasteiger partial charge in [0, 0.05) is 41.7 Å². The van der Waals surface area contributed by atoms with Crippen LogP contribution < -0.4 is 10.6 Å². The molecule has 0 bridgehead atoms. The Morgan fingerprint density at radius 2 is 2.00 bits per heavy atom. The first kappa shape index (κ1) is 27.1. The Labute approximate surface area is 224 Å². The summed E-state index contributed by atoms with van der Waals surface area (Å²) in [5, 5.41) is 24.7. The number of hydrogen-bond donors (Lipinski definition) is 3. The van der Waals surface area contributed by atoms with Crippen LogP contribution in [0.15, 0.2) is 48.3 Å². The highest BCUT2D eigenvalue weighted by Crippen LogP contribution is 2.38. The van der Waals surface area contributed by atoms with Gasteiger partial charge in [-0.2, -0.15) is 23.3 Å². The highest BCUT2D eigenvalue weighted by molar-refractivity contribution is 5.84. The first-order valence-electron chi connectivity index (χ1n) is 12.9. The van der Waals surface area contributed by atoms with E-state index in [4.69, 9.17) is 4.74 Å². The molecule has 1 aliphatic carbocycles. The van der Waals surface area contributed by atoms with Crippen LogP contribution in [0.5, 0.6) is 0 Å². The summed E-state index contributed by atoms with van der Waals surface area (Å²) in [6.45, 7) is 5.66. The number of nitrogens with one attached hydrogen (secondary N) is 2. The van der Waals surface area contributed by atoms with Gasteiger partial charge in [-0.3, -0.25) is 5.32 Å². The predicted octanol–water partition coefficient (Wildman–Crippen LogP) is 4.87. The predicted molar refractivity (Wildman–Crippen MR) is 140 cm³/mol. The van der Waals surface area contributed by atoms with Crippen molar-refractivity contribution in [3.63, 3.8) is 0 Å². The molecule has 0 amide bonds. The average molecular weight is 544 g/mol. The summed E-state index contributed by atoms with van der Waals surface area (Å²) < 4.78 is 46.9. The van der Waals surface area contributed by atoms with Crippen molar-refractivity contribution in [2.75, 3.05) is 18.5 Å². The van der Waals surface area contributed by atoms with Gasteiger partial charge in [0.05, 0.1) is 12.7 Å². The molecule has 3 aromatic rings. The van der Waals surface area contributed by atoms with Gasteiger partial charge in [0.1, 0.15) is 12.5 Å². The molecule has 2 atom stereocenters. The Balaban J connectivity index is 1.35. The molecular formula is C27H32F3N7O2. The number of fused-ring (bicyclic) bond motifs is 1. The molecule has 1 aromatic carbocycles. The highest BCUT2D eigenvalue weighted by atomic mass is 19.4. The van der Waals surface area contributed by atoms with E-state index in [9.17, 15) is 18.3 Å². The number of alkyl halides is 3. The molecule has 2 aliphatic rings. The number of aliphatic hydroxyl groups excluding tert-OH is 1. The first-order chi connectivity index (χ1) is 18.6. The van der Waals surface area contributed by atoms with E-state index < -0.39 is 18.9 Å². The second-order valence-corrected chi connectivity index (χ2v) is 9.93. The van der Waals surface area contributed by atoms with E-state index in [1.165, 1.54) is 0 Å². The van der Waals surface area contributed by atoms with Crippen molar-refractivity contribution in [3.8, 4) is 11.4 Å². The number of halogens is 3. The van der Waals surface area contributed by atoms with E-state index >= 15 is 0 Å². The van der Waals surface area contributed by atoms with Gasteiger partial charge in [-0.15, -0.1) is 5.10 Å². The molecule has 2 unspecified atom stereocenters. The molecule has 9 nitrogen and oxygen atoms in total. The number of aliphatic hydroxyl groups is 1. The number of hydrogen-bond acceptors (Lipinski definition) is 7. The molecule has 2 aromatic heterocycles. The van der Waals surface area contributed by atoms with Crippen LogP contribution in [0.1, 0.15) is 61.9 Å². The Bertz CT molecular complexity index is 1370. The lowest BCUT2D eigenvalue weighted by Crippen LogP contribution is -2.31. The largest absolute Gasteiger partial charge is 0.401 e. The SMILES string of the molecule is C=C(C)C1=C(Nc2nc(-c3ccc(C(O)NCC(F)(F)F)cc3)nn2C)CCc2c1cnn2C1CCCCO1. The van der Waals surface area contributed by atoms with Crippen molar-refractivity contribution in [1.29, 1.82) is 0 Å². The van der Waals surface area contributed by atoms with Gasteiger partial charge >= 0.3 is 6.18 Å². The quantitative estimate of drug-likeness (QED) is 0.349. The Hall–Kier alpha value is -3.48. The second kappa shape index (κ2) is 10.9. The fourth-order valence-corrected chi connectivity index (χ4v) is 5.05. The normalized spacial score (nSPS) is 18.7. The molecule has 0 spiro atoms. The van der Waals surface area contributed by atoms with Crippen molar-refractivity contribution in [2.45, 2.75) is 57.7 Å². The van der Waals surface area contributed by atoms with Crippen molar-refractivity contribution in [3.05, 3.63) is 65.1 Å². The molecule has 5 rings (SSSR count). The van der Waals surface area contributed by atoms with Crippen LogP contribution in [-0.2, 0) is 18.2 Å². The molecule has 1 saturated heterocycles. The molecule has 3 N–H and O–H groups in total. The van der Waals surface area contributed by atoms with Gasteiger partial charge in [-0.05, 0) is 50.2 Å². The van der Waals surface area contributed by atoms with Crippen LogP contribution in [-0.4, -0.2) is 49.0 Å². The summed E-state index contributed by atoms with van der Waals surface area (Å²) in [5.41, 5.74) is 6.07. The van der Waals surface area contributed by atoms with Crippen LogP contribution in [0.4, 0.5) is 19.1 Å². The van der Waals surface area contributed by atoms with Crippen molar-refractivity contribution >= 4 is 11.5 Å². The third kappa shape index (κ3) is 5.92. The lowest BCUT2D eigenvalue weighted by Gasteiger charge is -2.27. The monoisotopic (exact) mass is 543 g/mol.